The van der Waals surface area contributed by atoms with Crippen LogP contribution in [0.2, 0.25) is 0 Å². The summed E-state index contributed by atoms with van der Waals surface area (Å²) in [6.45, 7) is 3.98. The Morgan fingerprint density at radius 1 is 1.26 bits per heavy atom. The maximum absolute atomic E-state index is 13.2. The number of hydrogen-bond acceptors (Lipinski definition) is 4. The molecule has 2 aromatic rings. The number of halogens is 3. The quantitative estimate of drug-likeness (QED) is 0.793. The lowest BCUT2D eigenvalue weighted by Gasteiger charge is -2.22. The van der Waals surface area contributed by atoms with Gasteiger partial charge in [-0.3, -0.25) is 9.59 Å². The lowest BCUT2D eigenvalue weighted by atomic mass is 10.1. The van der Waals surface area contributed by atoms with Crippen molar-refractivity contribution in [3.05, 3.63) is 41.7 Å². The normalized spacial score (nSPS) is 11.6. The summed E-state index contributed by atoms with van der Waals surface area (Å²) < 4.78 is 40.4. The van der Waals surface area contributed by atoms with E-state index in [2.05, 4.69) is 10.3 Å². The number of aliphatic carboxylic acids is 1. The van der Waals surface area contributed by atoms with E-state index >= 15 is 0 Å². The van der Waals surface area contributed by atoms with Crippen LogP contribution in [0.1, 0.15) is 36.3 Å². The van der Waals surface area contributed by atoms with Crippen molar-refractivity contribution < 1.29 is 27.9 Å². The zero-order valence-corrected chi connectivity index (χ0v) is 14.8. The molecule has 1 N–H and O–H groups in total. The van der Waals surface area contributed by atoms with Crippen LogP contribution in [0.5, 0.6) is 0 Å². The smallest absolute Gasteiger partial charge is 0.418 e. The van der Waals surface area contributed by atoms with Crippen molar-refractivity contribution in [2.45, 2.75) is 26.4 Å². The number of amides is 1. The van der Waals surface area contributed by atoms with Crippen molar-refractivity contribution in [3.8, 4) is 5.69 Å². The summed E-state index contributed by atoms with van der Waals surface area (Å²) in [5.41, 5.74) is -1.31. The first-order chi connectivity index (χ1) is 12.6. The SMILES string of the molecule is CC(C)CN(CCC(=O)O)C(=O)c1cn(-c2ccccc2C(F)(F)F)nn1. The number of carboxylic acids is 1. The van der Waals surface area contributed by atoms with Gasteiger partial charge in [0.05, 0.1) is 23.9 Å². The van der Waals surface area contributed by atoms with Crippen LogP contribution < -0.4 is 0 Å². The Bertz CT molecular complexity index is 818. The van der Waals surface area contributed by atoms with Gasteiger partial charge in [0, 0.05) is 13.1 Å². The summed E-state index contributed by atoms with van der Waals surface area (Å²) >= 11 is 0. The number of carboxylic acid groups (broad SMARTS) is 1. The van der Waals surface area contributed by atoms with Gasteiger partial charge in [0.25, 0.3) is 5.91 Å². The van der Waals surface area contributed by atoms with E-state index < -0.39 is 23.6 Å². The number of alkyl halides is 3. The van der Waals surface area contributed by atoms with Crippen molar-refractivity contribution >= 4 is 11.9 Å². The van der Waals surface area contributed by atoms with E-state index in [9.17, 15) is 22.8 Å². The molecule has 0 atom stereocenters. The molecule has 1 heterocycles. The van der Waals surface area contributed by atoms with Gasteiger partial charge in [-0.1, -0.05) is 31.2 Å². The molecule has 0 spiro atoms. The van der Waals surface area contributed by atoms with Crippen molar-refractivity contribution in [3.63, 3.8) is 0 Å². The largest absolute Gasteiger partial charge is 0.481 e. The second-order valence-corrected chi connectivity index (χ2v) is 6.35. The highest BCUT2D eigenvalue weighted by Gasteiger charge is 2.34. The standard InChI is InChI=1S/C17H19F3N4O3/c1-11(2)9-23(8-7-15(25)26)16(27)13-10-24(22-21-13)14-6-4-3-5-12(14)17(18,19)20/h3-6,10-11H,7-9H2,1-2H3,(H,25,26). The Kier molecular flexibility index (Phi) is 6.19. The Hall–Kier alpha value is -2.91. The van der Waals surface area contributed by atoms with Crippen LogP contribution in [0.4, 0.5) is 13.2 Å². The van der Waals surface area contributed by atoms with E-state index in [0.717, 1.165) is 16.9 Å². The molecule has 0 unspecified atom stereocenters. The van der Waals surface area contributed by atoms with Gasteiger partial charge in [-0.15, -0.1) is 5.10 Å². The molecule has 0 aliphatic carbocycles. The topological polar surface area (TPSA) is 88.3 Å². The minimum Gasteiger partial charge on any atom is -0.481 e. The number of rotatable bonds is 7. The third-order valence-corrected chi connectivity index (χ3v) is 3.64. The van der Waals surface area contributed by atoms with Gasteiger partial charge in [-0.05, 0) is 18.1 Å². The Labute approximate surface area is 153 Å². The van der Waals surface area contributed by atoms with E-state index in [-0.39, 0.29) is 36.8 Å². The third kappa shape index (κ3) is 5.28. The Balaban J connectivity index is 2.30. The van der Waals surface area contributed by atoms with Gasteiger partial charge in [0.15, 0.2) is 5.69 Å². The Morgan fingerprint density at radius 2 is 1.93 bits per heavy atom. The first-order valence-corrected chi connectivity index (χ1v) is 8.19. The van der Waals surface area contributed by atoms with Crippen LogP contribution in [0, 0.1) is 5.92 Å². The minimum atomic E-state index is -4.59. The number of aromatic nitrogens is 3. The molecule has 1 aromatic heterocycles. The summed E-state index contributed by atoms with van der Waals surface area (Å²) in [6.07, 6.45) is -3.72. The average Bonchev–Trinajstić information content (AvgIpc) is 3.06. The van der Waals surface area contributed by atoms with Crippen molar-refractivity contribution in [1.29, 1.82) is 0 Å². The highest BCUT2D eigenvalue weighted by molar-refractivity contribution is 5.92. The van der Waals surface area contributed by atoms with Crippen LogP contribution in [-0.2, 0) is 11.0 Å². The summed E-state index contributed by atoms with van der Waals surface area (Å²) in [7, 11) is 0. The van der Waals surface area contributed by atoms with Gasteiger partial charge in [-0.2, -0.15) is 13.2 Å². The van der Waals surface area contributed by atoms with Gasteiger partial charge >= 0.3 is 12.1 Å². The fraction of sp³-hybridized carbons (Fsp3) is 0.412. The molecule has 0 fully saturated rings. The number of nitrogens with zero attached hydrogens (tertiary/aromatic N) is 4. The molecular weight excluding hydrogens is 365 g/mol. The fourth-order valence-corrected chi connectivity index (χ4v) is 2.50. The Morgan fingerprint density at radius 3 is 2.52 bits per heavy atom. The average molecular weight is 384 g/mol. The molecule has 0 bridgehead atoms. The molecule has 146 valence electrons. The second-order valence-electron chi connectivity index (χ2n) is 6.35. The van der Waals surface area contributed by atoms with E-state index in [1.165, 1.54) is 23.1 Å². The van der Waals surface area contributed by atoms with E-state index in [1.54, 1.807) is 0 Å². The molecule has 7 nitrogen and oxygen atoms in total. The number of benzene rings is 1. The van der Waals surface area contributed by atoms with Crippen molar-refractivity contribution in [1.82, 2.24) is 19.9 Å². The van der Waals surface area contributed by atoms with Crippen LogP contribution in [0.15, 0.2) is 30.5 Å². The van der Waals surface area contributed by atoms with Crippen molar-refractivity contribution in [2.24, 2.45) is 5.92 Å². The zero-order chi connectivity index (χ0) is 20.2. The molecule has 2 rings (SSSR count). The van der Waals surface area contributed by atoms with Crippen LogP contribution >= 0.6 is 0 Å². The van der Waals surface area contributed by atoms with Gasteiger partial charge < -0.3 is 10.0 Å². The highest BCUT2D eigenvalue weighted by atomic mass is 19.4. The molecular formula is C17H19F3N4O3. The minimum absolute atomic E-state index is 0.0294. The summed E-state index contributed by atoms with van der Waals surface area (Å²) in [5, 5.41) is 16.2. The summed E-state index contributed by atoms with van der Waals surface area (Å²) in [4.78, 5) is 24.7. The molecule has 0 aliphatic rings. The van der Waals surface area contributed by atoms with E-state index in [1.807, 2.05) is 13.8 Å². The zero-order valence-electron chi connectivity index (χ0n) is 14.8. The summed E-state index contributed by atoms with van der Waals surface area (Å²) in [6, 6.07) is 4.82. The highest BCUT2D eigenvalue weighted by Crippen LogP contribution is 2.33. The molecule has 1 aromatic carbocycles. The molecule has 0 aliphatic heterocycles. The van der Waals surface area contributed by atoms with E-state index in [4.69, 9.17) is 5.11 Å². The molecule has 0 radical (unpaired) electrons. The molecule has 27 heavy (non-hydrogen) atoms. The van der Waals surface area contributed by atoms with Gasteiger partial charge in [0.2, 0.25) is 0 Å². The number of carbonyl (C=O) groups excluding carboxylic acids is 1. The van der Waals surface area contributed by atoms with Crippen molar-refractivity contribution in [2.75, 3.05) is 13.1 Å². The number of hydrogen-bond donors (Lipinski definition) is 1. The predicted octanol–water partition coefficient (Wildman–Crippen LogP) is 2.86. The first-order valence-electron chi connectivity index (χ1n) is 8.19. The molecule has 1 amide bonds. The monoisotopic (exact) mass is 384 g/mol. The lowest BCUT2D eigenvalue weighted by Crippen LogP contribution is -2.36. The van der Waals surface area contributed by atoms with Crippen LogP contribution in [0.25, 0.3) is 5.69 Å². The number of para-hydroxylation sites is 1. The van der Waals surface area contributed by atoms with Gasteiger partial charge in [-0.25, -0.2) is 4.68 Å². The molecule has 0 saturated heterocycles. The van der Waals surface area contributed by atoms with Gasteiger partial charge in [0.1, 0.15) is 0 Å². The van der Waals surface area contributed by atoms with E-state index in [0.29, 0.717) is 0 Å². The maximum atomic E-state index is 13.2. The summed E-state index contributed by atoms with van der Waals surface area (Å²) in [5.74, 6) is -1.57. The number of carbonyl (C=O) groups is 2. The predicted molar refractivity (Wildman–Crippen MR) is 89.4 cm³/mol. The fourth-order valence-electron chi connectivity index (χ4n) is 2.50. The first kappa shape index (κ1) is 20.4. The van der Waals surface area contributed by atoms with Crippen LogP contribution in [-0.4, -0.2) is 50.0 Å². The lowest BCUT2D eigenvalue weighted by molar-refractivity contribution is -0.138. The molecule has 0 saturated carbocycles. The molecule has 10 heteroatoms. The second kappa shape index (κ2) is 8.19. The maximum Gasteiger partial charge on any atom is 0.418 e. The van der Waals surface area contributed by atoms with Crippen LogP contribution in [0.3, 0.4) is 0 Å². The third-order valence-electron chi connectivity index (χ3n) is 3.64.